The van der Waals surface area contributed by atoms with Crippen LogP contribution in [0.1, 0.15) is 12.5 Å². The van der Waals surface area contributed by atoms with E-state index in [-0.39, 0.29) is 19.1 Å². The quantitative estimate of drug-likeness (QED) is 0.838. The number of anilines is 1. The van der Waals surface area contributed by atoms with Gasteiger partial charge in [-0.05, 0) is 19.1 Å². The average molecular weight is 257 g/mol. The Kier molecular flexibility index (Phi) is 5.25. The van der Waals surface area contributed by atoms with Crippen LogP contribution >= 0.6 is 11.6 Å². The number of aliphatic hydroxyl groups is 1. The van der Waals surface area contributed by atoms with Crippen molar-refractivity contribution in [3.05, 3.63) is 28.8 Å². The highest BCUT2D eigenvalue weighted by Crippen LogP contribution is 2.26. The Labute approximate surface area is 106 Å². The van der Waals surface area contributed by atoms with E-state index in [2.05, 4.69) is 5.32 Å². The fourth-order valence-electron chi connectivity index (χ4n) is 1.62. The lowest BCUT2D eigenvalue weighted by atomic mass is 10.1. The van der Waals surface area contributed by atoms with Crippen LogP contribution in [0.25, 0.3) is 0 Å². The fourth-order valence-corrected chi connectivity index (χ4v) is 1.84. The van der Waals surface area contributed by atoms with Gasteiger partial charge in [-0.1, -0.05) is 17.7 Å². The third-order valence-corrected chi connectivity index (χ3v) is 2.77. The van der Waals surface area contributed by atoms with Crippen molar-refractivity contribution in [1.82, 2.24) is 5.32 Å². The monoisotopic (exact) mass is 256 g/mol. The molecule has 1 rings (SSSR count). The van der Waals surface area contributed by atoms with Crippen LogP contribution in [0, 0.1) is 0 Å². The minimum absolute atomic E-state index is 0.0566. The number of likely N-dealkylation sites (N-methyl/N-ethyl adjacent to an activating group) is 2. The van der Waals surface area contributed by atoms with E-state index in [1.807, 2.05) is 13.0 Å². The number of carbonyl (C=O) groups is 1. The maximum Gasteiger partial charge on any atom is 0.239 e. The molecule has 1 aromatic carbocycles. The summed E-state index contributed by atoms with van der Waals surface area (Å²) in [6.45, 7) is 2.57. The highest BCUT2D eigenvalue weighted by Gasteiger charge is 2.12. The van der Waals surface area contributed by atoms with Gasteiger partial charge < -0.3 is 15.3 Å². The molecule has 4 nitrogen and oxygen atoms in total. The van der Waals surface area contributed by atoms with Crippen molar-refractivity contribution < 1.29 is 9.90 Å². The first-order valence-corrected chi connectivity index (χ1v) is 5.84. The topological polar surface area (TPSA) is 52.6 Å². The van der Waals surface area contributed by atoms with E-state index in [0.717, 1.165) is 5.69 Å². The molecule has 0 unspecified atom stereocenters. The molecule has 2 N–H and O–H groups in total. The van der Waals surface area contributed by atoms with Crippen molar-refractivity contribution in [2.24, 2.45) is 0 Å². The van der Waals surface area contributed by atoms with Crippen molar-refractivity contribution >= 4 is 23.2 Å². The predicted molar refractivity (Wildman–Crippen MR) is 69.3 cm³/mol. The molecule has 0 aliphatic heterocycles. The molecule has 0 saturated heterocycles. The number of hydrogen-bond donors (Lipinski definition) is 2. The fraction of sp³-hybridized carbons (Fsp3) is 0.417. The zero-order valence-electron chi connectivity index (χ0n) is 10.0. The lowest BCUT2D eigenvalue weighted by Crippen LogP contribution is -2.35. The predicted octanol–water partition coefficient (Wildman–Crippen LogP) is 1.40. The molecule has 0 saturated carbocycles. The Morgan fingerprint density at radius 2 is 2.24 bits per heavy atom. The third-order valence-electron chi connectivity index (χ3n) is 2.42. The van der Waals surface area contributed by atoms with Gasteiger partial charge >= 0.3 is 0 Å². The van der Waals surface area contributed by atoms with Gasteiger partial charge in [-0.3, -0.25) is 4.79 Å². The Balaban J connectivity index is 2.85. The Morgan fingerprint density at radius 3 is 2.82 bits per heavy atom. The first-order valence-electron chi connectivity index (χ1n) is 5.46. The van der Waals surface area contributed by atoms with Crippen LogP contribution in [-0.4, -0.2) is 31.2 Å². The van der Waals surface area contributed by atoms with Crippen molar-refractivity contribution in [3.8, 4) is 0 Å². The van der Waals surface area contributed by atoms with E-state index in [1.54, 1.807) is 24.1 Å². The standard InChI is InChI=1S/C12H17ClN2O2/c1-3-14-12(17)7-15(2)11-6-4-5-10(13)9(11)8-16/h4-6,16H,3,7-8H2,1-2H3,(H,14,17). The first kappa shape index (κ1) is 13.8. The summed E-state index contributed by atoms with van der Waals surface area (Å²) >= 11 is 5.98. The number of aliphatic hydroxyl groups excluding tert-OH is 1. The molecular weight excluding hydrogens is 240 g/mol. The summed E-state index contributed by atoms with van der Waals surface area (Å²) in [4.78, 5) is 13.2. The van der Waals surface area contributed by atoms with E-state index < -0.39 is 0 Å². The Hall–Kier alpha value is -1.26. The van der Waals surface area contributed by atoms with E-state index >= 15 is 0 Å². The van der Waals surface area contributed by atoms with Gasteiger partial charge in [0.1, 0.15) is 0 Å². The average Bonchev–Trinajstić information content (AvgIpc) is 2.28. The van der Waals surface area contributed by atoms with Crippen LogP contribution in [0.4, 0.5) is 5.69 Å². The van der Waals surface area contributed by atoms with Gasteiger partial charge in [0.15, 0.2) is 0 Å². The smallest absolute Gasteiger partial charge is 0.239 e. The van der Waals surface area contributed by atoms with E-state index in [0.29, 0.717) is 17.1 Å². The highest BCUT2D eigenvalue weighted by molar-refractivity contribution is 6.31. The van der Waals surface area contributed by atoms with Gasteiger partial charge in [0, 0.05) is 29.9 Å². The summed E-state index contributed by atoms with van der Waals surface area (Å²) in [7, 11) is 1.79. The zero-order valence-corrected chi connectivity index (χ0v) is 10.8. The second kappa shape index (κ2) is 6.47. The molecule has 0 fully saturated rings. The summed E-state index contributed by atoms with van der Waals surface area (Å²) < 4.78 is 0. The zero-order chi connectivity index (χ0) is 12.8. The van der Waals surface area contributed by atoms with Crippen LogP contribution in [0.5, 0.6) is 0 Å². The minimum Gasteiger partial charge on any atom is -0.392 e. The van der Waals surface area contributed by atoms with E-state index in [4.69, 9.17) is 11.6 Å². The molecule has 17 heavy (non-hydrogen) atoms. The van der Waals surface area contributed by atoms with Crippen molar-refractivity contribution in [3.63, 3.8) is 0 Å². The summed E-state index contributed by atoms with van der Waals surface area (Å²) in [5.41, 5.74) is 1.41. The molecule has 94 valence electrons. The number of hydrogen-bond acceptors (Lipinski definition) is 3. The molecule has 1 amide bonds. The number of rotatable bonds is 5. The normalized spacial score (nSPS) is 10.1. The molecular formula is C12H17ClN2O2. The number of carbonyl (C=O) groups excluding carboxylic acids is 1. The first-order chi connectivity index (χ1) is 8.10. The Morgan fingerprint density at radius 1 is 1.53 bits per heavy atom. The Bertz CT molecular complexity index is 396. The van der Waals surface area contributed by atoms with Gasteiger partial charge in [0.05, 0.1) is 13.2 Å². The van der Waals surface area contributed by atoms with Gasteiger partial charge in [0.25, 0.3) is 0 Å². The van der Waals surface area contributed by atoms with Crippen LogP contribution < -0.4 is 10.2 Å². The molecule has 0 aromatic heterocycles. The molecule has 0 atom stereocenters. The number of nitrogens with one attached hydrogen (secondary N) is 1. The molecule has 0 radical (unpaired) electrons. The number of halogens is 1. The van der Waals surface area contributed by atoms with Crippen molar-refractivity contribution in [1.29, 1.82) is 0 Å². The van der Waals surface area contributed by atoms with E-state index in [9.17, 15) is 9.90 Å². The third kappa shape index (κ3) is 3.61. The molecule has 0 bridgehead atoms. The largest absolute Gasteiger partial charge is 0.392 e. The maximum absolute atomic E-state index is 11.5. The lowest BCUT2D eigenvalue weighted by molar-refractivity contribution is -0.119. The molecule has 0 aliphatic rings. The molecule has 5 heteroatoms. The molecule has 0 heterocycles. The van der Waals surface area contributed by atoms with Gasteiger partial charge in [-0.2, -0.15) is 0 Å². The van der Waals surface area contributed by atoms with Crippen molar-refractivity contribution in [2.75, 3.05) is 25.0 Å². The summed E-state index contributed by atoms with van der Waals surface area (Å²) in [6.07, 6.45) is 0. The molecule has 1 aromatic rings. The molecule has 0 spiro atoms. The summed E-state index contributed by atoms with van der Waals surface area (Å²) in [5, 5.41) is 12.5. The van der Waals surface area contributed by atoms with Crippen molar-refractivity contribution in [2.45, 2.75) is 13.5 Å². The summed E-state index contributed by atoms with van der Waals surface area (Å²) in [6, 6.07) is 5.35. The SMILES string of the molecule is CCNC(=O)CN(C)c1cccc(Cl)c1CO. The number of nitrogens with zero attached hydrogens (tertiary/aromatic N) is 1. The number of benzene rings is 1. The minimum atomic E-state index is -0.144. The van der Waals surface area contributed by atoms with Crippen LogP contribution in [0.15, 0.2) is 18.2 Å². The lowest BCUT2D eigenvalue weighted by Gasteiger charge is -2.21. The van der Waals surface area contributed by atoms with Gasteiger partial charge in [0.2, 0.25) is 5.91 Å². The van der Waals surface area contributed by atoms with E-state index in [1.165, 1.54) is 0 Å². The van der Waals surface area contributed by atoms with Crippen LogP contribution in [0.2, 0.25) is 5.02 Å². The second-order valence-corrected chi connectivity index (χ2v) is 4.11. The molecule has 0 aliphatic carbocycles. The highest BCUT2D eigenvalue weighted by atomic mass is 35.5. The van der Waals surface area contributed by atoms with Crippen LogP contribution in [0.3, 0.4) is 0 Å². The second-order valence-electron chi connectivity index (χ2n) is 3.71. The summed E-state index contributed by atoms with van der Waals surface area (Å²) in [5.74, 6) is -0.0566. The maximum atomic E-state index is 11.5. The van der Waals surface area contributed by atoms with Gasteiger partial charge in [-0.25, -0.2) is 0 Å². The van der Waals surface area contributed by atoms with Gasteiger partial charge in [-0.15, -0.1) is 0 Å². The number of amides is 1. The van der Waals surface area contributed by atoms with Crippen LogP contribution in [-0.2, 0) is 11.4 Å².